The number of anilines is 3. The normalized spacial score (nSPS) is 11.5. The van der Waals surface area contributed by atoms with Crippen LogP contribution < -0.4 is 4.90 Å². The van der Waals surface area contributed by atoms with Gasteiger partial charge in [-0.1, -0.05) is 158 Å². The monoisotopic (exact) mass is 745 g/mol. The van der Waals surface area contributed by atoms with Crippen molar-refractivity contribution in [3.63, 3.8) is 0 Å². The number of benzene rings is 9. The molecule has 0 bridgehead atoms. The minimum atomic E-state index is 0.850. The summed E-state index contributed by atoms with van der Waals surface area (Å²) in [5.41, 5.74) is 14.1. The van der Waals surface area contributed by atoms with Crippen LogP contribution in [0.5, 0.6) is 0 Å². The van der Waals surface area contributed by atoms with E-state index in [0.717, 1.165) is 72.4 Å². The summed E-state index contributed by atoms with van der Waals surface area (Å²) in [7, 11) is 0. The highest BCUT2D eigenvalue weighted by molar-refractivity contribution is 7.25. The Kier molecular flexibility index (Phi) is 8.04. The average molecular weight is 746 g/mol. The smallest absolute Gasteiger partial charge is 0.160 e. The molecule has 0 aliphatic heterocycles. The van der Waals surface area contributed by atoms with Crippen molar-refractivity contribution < 1.29 is 4.42 Å². The Labute approximate surface area is 335 Å². The van der Waals surface area contributed by atoms with E-state index < -0.39 is 0 Å². The van der Waals surface area contributed by atoms with Crippen LogP contribution in [-0.2, 0) is 0 Å². The molecule has 2 heterocycles. The Morgan fingerprint density at radius 3 is 1.61 bits per heavy atom. The van der Waals surface area contributed by atoms with E-state index in [2.05, 4.69) is 217 Å². The lowest BCUT2D eigenvalue weighted by Gasteiger charge is -2.27. The SMILES string of the molecule is c1ccc(-c2cc(-c3ccccc3)cc(N(c3ccc(-c4cccc5sc6ccccc6c45)cc3)c3ccc(-c4ccccc4)c4c3oc3ccccc34)c2)cc1. The highest BCUT2D eigenvalue weighted by Gasteiger charge is 2.23. The van der Waals surface area contributed by atoms with Gasteiger partial charge < -0.3 is 9.32 Å². The molecule has 0 radical (unpaired) electrons. The van der Waals surface area contributed by atoms with E-state index >= 15 is 0 Å². The Hall–Kier alpha value is -7.20. The van der Waals surface area contributed by atoms with Gasteiger partial charge in [-0.2, -0.15) is 0 Å². The zero-order valence-corrected chi connectivity index (χ0v) is 31.8. The van der Waals surface area contributed by atoms with Gasteiger partial charge in [0.05, 0.1) is 5.69 Å². The topological polar surface area (TPSA) is 16.4 Å². The molecule has 57 heavy (non-hydrogen) atoms. The van der Waals surface area contributed by atoms with Gasteiger partial charge in [-0.3, -0.25) is 0 Å². The summed E-state index contributed by atoms with van der Waals surface area (Å²) in [5, 5.41) is 4.82. The summed E-state index contributed by atoms with van der Waals surface area (Å²) in [4.78, 5) is 2.38. The van der Waals surface area contributed by atoms with Crippen molar-refractivity contribution in [2.24, 2.45) is 0 Å². The fourth-order valence-electron chi connectivity index (χ4n) is 8.42. The van der Waals surface area contributed by atoms with Gasteiger partial charge in [0.1, 0.15) is 5.58 Å². The number of furan rings is 1. The van der Waals surface area contributed by atoms with Gasteiger partial charge in [0, 0.05) is 42.3 Å². The minimum absolute atomic E-state index is 0.850. The molecule has 11 rings (SSSR count). The first-order valence-electron chi connectivity index (χ1n) is 19.3. The van der Waals surface area contributed by atoms with Gasteiger partial charge >= 0.3 is 0 Å². The van der Waals surface area contributed by atoms with Crippen molar-refractivity contribution in [2.75, 3.05) is 4.90 Å². The molecule has 0 atom stereocenters. The second-order valence-electron chi connectivity index (χ2n) is 14.5. The molecule has 0 saturated carbocycles. The molecule has 0 fully saturated rings. The van der Waals surface area contributed by atoms with Gasteiger partial charge in [0.2, 0.25) is 0 Å². The lowest BCUT2D eigenvalue weighted by molar-refractivity contribution is 0.669. The van der Waals surface area contributed by atoms with Crippen LogP contribution in [0.3, 0.4) is 0 Å². The van der Waals surface area contributed by atoms with Crippen LogP contribution in [0, 0.1) is 0 Å². The first-order chi connectivity index (χ1) is 28.3. The van der Waals surface area contributed by atoms with Crippen LogP contribution >= 0.6 is 11.3 Å². The molecule has 0 aliphatic rings. The van der Waals surface area contributed by atoms with Crippen LogP contribution in [0.15, 0.2) is 217 Å². The molecule has 0 saturated heterocycles. The van der Waals surface area contributed by atoms with Gasteiger partial charge in [-0.05, 0) is 99.1 Å². The standard InChI is InChI=1S/C54H35NOS/c1-4-15-36(16-5-1)40-33-41(37-17-6-2-7-18-37)35-43(34-40)55(42-29-27-39(28-30-42)44-23-14-26-51-52(44)47-22-11-13-25-50(47)57-51)48-32-31-45(38-19-8-3-9-20-38)53-46-21-10-12-24-49(46)56-54(48)53/h1-35H. The third kappa shape index (κ3) is 5.80. The maximum absolute atomic E-state index is 6.93. The van der Waals surface area contributed by atoms with Gasteiger partial charge in [0.15, 0.2) is 5.58 Å². The van der Waals surface area contributed by atoms with Crippen molar-refractivity contribution in [3.8, 4) is 44.5 Å². The molecular formula is C54H35NOS. The summed E-state index contributed by atoms with van der Waals surface area (Å²) in [5.74, 6) is 0. The third-order valence-corrected chi connectivity index (χ3v) is 12.2. The van der Waals surface area contributed by atoms with E-state index in [4.69, 9.17) is 4.42 Å². The molecule has 0 amide bonds. The molecule has 2 aromatic heterocycles. The largest absolute Gasteiger partial charge is 0.454 e. The molecule has 0 spiro atoms. The first-order valence-corrected chi connectivity index (χ1v) is 20.1. The predicted octanol–water partition coefficient (Wildman–Crippen LogP) is 16.1. The number of rotatable bonds is 7. The molecule has 0 aliphatic carbocycles. The maximum Gasteiger partial charge on any atom is 0.160 e. The molecular weight excluding hydrogens is 711 g/mol. The molecule has 3 heteroatoms. The molecule has 2 nitrogen and oxygen atoms in total. The van der Waals surface area contributed by atoms with E-state index in [1.54, 1.807) is 0 Å². The number of fused-ring (bicyclic) bond motifs is 6. The van der Waals surface area contributed by atoms with E-state index in [9.17, 15) is 0 Å². The van der Waals surface area contributed by atoms with E-state index in [0.29, 0.717) is 0 Å². The fraction of sp³-hybridized carbons (Fsp3) is 0. The summed E-state index contributed by atoms with van der Waals surface area (Å²) in [6.45, 7) is 0. The van der Waals surface area contributed by atoms with Crippen molar-refractivity contribution in [2.45, 2.75) is 0 Å². The van der Waals surface area contributed by atoms with Crippen molar-refractivity contribution in [3.05, 3.63) is 212 Å². The van der Waals surface area contributed by atoms with Gasteiger partial charge in [-0.25, -0.2) is 0 Å². The average Bonchev–Trinajstić information content (AvgIpc) is 3.87. The van der Waals surface area contributed by atoms with Crippen molar-refractivity contribution in [1.82, 2.24) is 0 Å². The number of nitrogens with zero attached hydrogens (tertiary/aromatic N) is 1. The number of hydrogen-bond acceptors (Lipinski definition) is 3. The lowest BCUT2D eigenvalue weighted by Crippen LogP contribution is -2.11. The number of hydrogen-bond donors (Lipinski definition) is 0. The van der Waals surface area contributed by atoms with E-state index in [-0.39, 0.29) is 0 Å². The molecule has 0 unspecified atom stereocenters. The Bertz CT molecular complexity index is 3160. The Morgan fingerprint density at radius 1 is 0.351 bits per heavy atom. The second-order valence-corrected chi connectivity index (χ2v) is 15.5. The predicted molar refractivity (Wildman–Crippen MR) is 243 cm³/mol. The summed E-state index contributed by atoms with van der Waals surface area (Å²) in [6, 6.07) is 76.3. The zero-order chi connectivity index (χ0) is 37.7. The van der Waals surface area contributed by atoms with E-state index in [1.807, 2.05) is 11.3 Å². The number of thiophene rings is 1. The quantitative estimate of drug-likeness (QED) is 0.162. The summed E-state index contributed by atoms with van der Waals surface area (Å²) in [6.07, 6.45) is 0. The highest BCUT2D eigenvalue weighted by atomic mass is 32.1. The van der Waals surface area contributed by atoms with Crippen LogP contribution in [0.2, 0.25) is 0 Å². The van der Waals surface area contributed by atoms with Crippen LogP contribution in [0.1, 0.15) is 0 Å². The molecule has 0 N–H and O–H groups in total. The summed E-state index contributed by atoms with van der Waals surface area (Å²) < 4.78 is 9.54. The molecule has 11 aromatic rings. The van der Waals surface area contributed by atoms with Crippen molar-refractivity contribution in [1.29, 1.82) is 0 Å². The second kappa shape index (κ2) is 13.8. The minimum Gasteiger partial charge on any atom is -0.454 e. The van der Waals surface area contributed by atoms with E-state index in [1.165, 1.54) is 31.3 Å². The third-order valence-electron chi connectivity index (χ3n) is 11.1. The highest BCUT2D eigenvalue weighted by Crippen LogP contribution is 2.48. The Balaban J connectivity index is 1.17. The zero-order valence-electron chi connectivity index (χ0n) is 31.0. The van der Waals surface area contributed by atoms with Crippen LogP contribution in [0.4, 0.5) is 17.1 Å². The molecule has 268 valence electrons. The fourth-order valence-corrected chi connectivity index (χ4v) is 9.55. The van der Waals surface area contributed by atoms with Gasteiger partial charge in [0.25, 0.3) is 0 Å². The first kappa shape index (κ1) is 33.2. The van der Waals surface area contributed by atoms with Crippen LogP contribution in [0.25, 0.3) is 86.6 Å². The van der Waals surface area contributed by atoms with Crippen LogP contribution in [-0.4, -0.2) is 0 Å². The Morgan fingerprint density at radius 2 is 0.912 bits per heavy atom. The lowest BCUT2D eigenvalue weighted by atomic mass is 9.96. The van der Waals surface area contributed by atoms with Crippen molar-refractivity contribution >= 4 is 70.5 Å². The maximum atomic E-state index is 6.93. The van der Waals surface area contributed by atoms with Gasteiger partial charge in [-0.15, -0.1) is 11.3 Å². The number of para-hydroxylation sites is 1. The summed E-state index contributed by atoms with van der Waals surface area (Å²) >= 11 is 1.86. The molecule has 9 aromatic carbocycles.